The molecule has 0 aromatic heterocycles. The lowest BCUT2D eigenvalue weighted by Crippen LogP contribution is -2.36. The molecule has 0 fully saturated rings. The molecule has 1 heterocycles. The van der Waals surface area contributed by atoms with E-state index in [1.54, 1.807) is 0 Å². The van der Waals surface area contributed by atoms with Gasteiger partial charge in [0.05, 0.1) is 0 Å². The number of benzene rings is 1. The Balaban J connectivity index is 2.05. The number of amides is 1. The second-order valence-electron chi connectivity index (χ2n) is 6.19. The van der Waals surface area contributed by atoms with E-state index in [4.69, 9.17) is 19.9 Å². The normalized spacial score (nSPS) is 15.1. The summed E-state index contributed by atoms with van der Waals surface area (Å²) in [5.74, 6) is 1.37. The van der Waals surface area contributed by atoms with Crippen LogP contribution in [0, 0.1) is 0 Å². The topological polar surface area (TPSA) is 82.8 Å². The monoisotopic (exact) mass is 308 g/mol. The molecular formula is C16H24N2O4. The summed E-state index contributed by atoms with van der Waals surface area (Å²) >= 11 is 0. The van der Waals surface area contributed by atoms with Crippen LogP contribution in [0.5, 0.6) is 11.5 Å². The minimum atomic E-state index is -0.523. The van der Waals surface area contributed by atoms with Crippen molar-refractivity contribution in [2.45, 2.75) is 32.3 Å². The fraction of sp³-hybridized carbons (Fsp3) is 0.562. The summed E-state index contributed by atoms with van der Waals surface area (Å²) in [6.07, 6.45) is -0.451. The predicted molar refractivity (Wildman–Crippen MR) is 83.5 cm³/mol. The second kappa shape index (κ2) is 6.87. The van der Waals surface area contributed by atoms with Crippen LogP contribution in [-0.2, 0) is 4.74 Å². The van der Waals surface area contributed by atoms with Crippen LogP contribution < -0.4 is 20.5 Å². The molecule has 2 rings (SSSR count). The molecule has 0 saturated carbocycles. The molecule has 1 atom stereocenters. The van der Waals surface area contributed by atoms with Crippen LogP contribution in [0.1, 0.15) is 32.3 Å². The Bertz CT molecular complexity index is 525. The lowest BCUT2D eigenvalue weighted by atomic mass is 9.97. The van der Waals surface area contributed by atoms with E-state index in [9.17, 15) is 4.79 Å². The average molecular weight is 308 g/mol. The molecule has 0 aliphatic carbocycles. The van der Waals surface area contributed by atoms with Crippen LogP contribution in [0.3, 0.4) is 0 Å². The lowest BCUT2D eigenvalue weighted by Gasteiger charge is -2.25. The summed E-state index contributed by atoms with van der Waals surface area (Å²) in [5, 5.41) is 2.76. The lowest BCUT2D eigenvalue weighted by molar-refractivity contribution is 0.0524. The molecule has 1 aliphatic rings. The standard InChI is InChI=1S/C16H24N2O4/c1-16(2,3)22-15(19)18-10-11(9-17)12-5-4-6-13-14(12)21-8-7-20-13/h4-6,11H,7-10,17H2,1-3H3,(H,18,19). The zero-order valence-corrected chi connectivity index (χ0v) is 13.3. The van der Waals surface area contributed by atoms with E-state index in [2.05, 4.69) is 5.32 Å². The smallest absolute Gasteiger partial charge is 0.407 e. The molecule has 1 amide bonds. The first-order valence-electron chi connectivity index (χ1n) is 7.46. The highest BCUT2D eigenvalue weighted by Gasteiger charge is 2.23. The number of fused-ring (bicyclic) bond motifs is 1. The molecule has 122 valence electrons. The Labute approximate surface area is 130 Å². The molecule has 1 aromatic rings. The molecule has 22 heavy (non-hydrogen) atoms. The fourth-order valence-corrected chi connectivity index (χ4v) is 2.26. The maximum Gasteiger partial charge on any atom is 0.407 e. The summed E-state index contributed by atoms with van der Waals surface area (Å²) in [6, 6.07) is 5.72. The summed E-state index contributed by atoms with van der Waals surface area (Å²) < 4.78 is 16.5. The summed E-state index contributed by atoms with van der Waals surface area (Å²) in [6.45, 7) is 7.30. The van der Waals surface area contributed by atoms with Crippen LogP contribution >= 0.6 is 0 Å². The Kier molecular flexibility index (Phi) is 5.13. The molecule has 0 spiro atoms. The van der Waals surface area contributed by atoms with Crippen molar-refractivity contribution < 1.29 is 19.0 Å². The fourth-order valence-electron chi connectivity index (χ4n) is 2.26. The number of ether oxygens (including phenoxy) is 3. The first-order chi connectivity index (χ1) is 10.4. The van der Waals surface area contributed by atoms with Gasteiger partial charge < -0.3 is 25.3 Å². The molecule has 1 aromatic carbocycles. The van der Waals surface area contributed by atoms with Crippen molar-refractivity contribution in [2.75, 3.05) is 26.3 Å². The SMILES string of the molecule is CC(C)(C)OC(=O)NCC(CN)c1cccc2c1OCCO2. The van der Waals surface area contributed by atoms with E-state index in [-0.39, 0.29) is 5.92 Å². The van der Waals surface area contributed by atoms with Crippen molar-refractivity contribution in [3.63, 3.8) is 0 Å². The quantitative estimate of drug-likeness (QED) is 0.889. The van der Waals surface area contributed by atoms with E-state index in [0.717, 1.165) is 17.1 Å². The maximum atomic E-state index is 11.8. The third-order valence-corrected chi connectivity index (χ3v) is 3.21. The van der Waals surface area contributed by atoms with Crippen LogP contribution in [0.2, 0.25) is 0 Å². The number of rotatable bonds is 4. The number of alkyl carbamates (subject to hydrolysis) is 1. The van der Waals surface area contributed by atoms with Gasteiger partial charge in [0.2, 0.25) is 0 Å². The highest BCUT2D eigenvalue weighted by molar-refractivity contribution is 5.67. The van der Waals surface area contributed by atoms with Crippen LogP contribution in [0.4, 0.5) is 4.79 Å². The Morgan fingerprint density at radius 1 is 1.36 bits per heavy atom. The molecule has 0 radical (unpaired) electrons. The minimum absolute atomic E-state index is 0.0656. The average Bonchev–Trinajstić information content (AvgIpc) is 2.46. The van der Waals surface area contributed by atoms with Gasteiger partial charge in [-0.2, -0.15) is 0 Å². The molecule has 3 N–H and O–H groups in total. The number of carbonyl (C=O) groups is 1. The number of carbonyl (C=O) groups excluding carboxylic acids is 1. The van der Waals surface area contributed by atoms with Crippen molar-refractivity contribution in [3.05, 3.63) is 23.8 Å². The zero-order valence-electron chi connectivity index (χ0n) is 13.3. The summed E-state index contributed by atoms with van der Waals surface area (Å²) in [7, 11) is 0. The van der Waals surface area contributed by atoms with E-state index >= 15 is 0 Å². The van der Waals surface area contributed by atoms with Gasteiger partial charge in [0.1, 0.15) is 18.8 Å². The second-order valence-corrected chi connectivity index (χ2v) is 6.19. The van der Waals surface area contributed by atoms with Crippen molar-refractivity contribution in [3.8, 4) is 11.5 Å². The number of hydrogen-bond donors (Lipinski definition) is 2. The van der Waals surface area contributed by atoms with Gasteiger partial charge in [-0.1, -0.05) is 12.1 Å². The Hall–Kier alpha value is -1.95. The van der Waals surface area contributed by atoms with Gasteiger partial charge in [-0.05, 0) is 26.8 Å². The van der Waals surface area contributed by atoms with Crippen LogP contribution in [0.25, 0.3) is 0 Å². The molecule has 0 bridgehead atoms. The largest absolute Gasteiger partial charge is 0.486 e. The van der Waals surface area contributed by atoms with Crippen molar-refractivity contribution >= 4 is 6.09 Å². The molecule has 6 nitrogen and oxygen atoms in total. The number of nitrogens with two attached hydrogens (primary N) is 1. The molecular weight excluding hydrogens is 284 g/mol. The van der Waals surface area contributed by atoms with Gasteiger partial charge in [0.15, 0.2) is 11.5 Å². The van der Waals surface area contributed by atoms with E-state index in [1.807, 2.05) is 39.0 Å². The van der Waals surface area contributed by atoms with Crippen molar-refractivity contribution in [1.82, 2.24) is 5.32 Å². The van der Waals surface area contributed by atoms with E-state index in [0.29, 0.717) is 26.3 Å². The minimum Gasteiger partial charge on any atom is -0.486 e. The van der Waals surface area contributed by atoms with Crippen LogP contribution in [0.15, 0.2) is 18.2 Å². The zero-order chi connectivity index (χ0) is 16.2. The molecule has 1 unspecified atom stereocenters. The number of nitrogens with one attached hydrogen (secondary N) is 1. The van der Waals surface area contributed by atoms with E-state index < -0.39 is 11.7 Å². The number of para-hydroxylation sites is 1. The first kappa shape index (κ1) is 16.4. The van der Waals surface area contributed by atoms with Gasteiger partial charge in [0, 0.05) is 24.6 Å². The summed E-state index contributed by atoms with van der Waals surface area (Å²) in [5.41, 5.74) is 6.28. The molecule has 0 saturated heterocycles. The summed E-state index contributed by atoms with van der Waals surface area (Å²) in [4.78, 5) is 11.8. The Morgan fingerprint density at radius 2 is 2.09 bits per heavy atom. The van der Waals surface area contributed by atoms with Gasteiger partial charge in [-0.3, -0.25) is 0 Å². The highest BCUT2D eigenvalue weighted by atomic mass is 16.6. The van der Waals surface area contributed by atoms with Crippen molar-refractivity contribution in [2.24, 2.45) is 5.73 Å². The number of hydrogen-bond acceptors (Lipinski definition) is 5. The maximum absolute atomic E-state index is 11.8. The molecule has 1 aliphatic heterocycles. The van der Waals surface area contributed by atoms with Gasteiger partial charge in [-0.15, -0.1) is 0 Å². The van der Waals surface area contributed by atoms with Gasteiger partial charge in [0.25, 0.3) is 0 Å². The van der Waals surface area contributed by atoms with Gasteiger partial charge >= 0.3 is 6.09 Å². The molecule has 6 heteroatoms. The third-order valence-electron chi connectivity index (χ3n) is 3.21. The van der Waals surface area contributed by atoms with E-state index in [1.165, 1.54) is 0 Å². The Morgan fingerprint density at radius 3 is 2.77 bits per heavy atom. The predicted octanol–water partition coefficient (Wildman–Crippen LogP) is 2.02. The van der Waals surface area contributed by atoms with Gasteiger partial charge in [-0.25, -0.2) is 4.79 Å². The highest BCUT2D eigenvalue weighted by Crippen LogP contribution is 2.37. The first-order valence-corrected chi connectivity index (χ1v) is 7.46. The van der Waals surface area contributed by atoms with Crippen LogP contribution in [-0.4, -0.2) is 38.0 Å². The third kappa shape index (κ3) is 4.27. The van der Waals surface area contributed by atoms with Crippen molar-refractivity contribution in [1.29, 1.82) is 0 Å².